The Morgan fingerprint density at radius 1 is 0.875 bits per heavy atom. The van der Waals surface area contributed by atoms with Crippen LogP contribution in [0.25, 0.3) is 0 Å². The summed E-state index contributed by atoms with van der Waals surface area (Å²) in [4.78, 5) is 26.0. The van der Waals surface area contributed by atoms with Crippen molar-refractivity contribution in [3.05, 3.63) is 44.8 Å². The summed E-state index contributed by atoms with van der Waals surface area (Å²) in [6.07, 6.45) is 1.88. The summed E-state index contributed by atoms with van der Waals surface area (Å²) in [5.74, 6) is -0.630. The maximum Gasteiger partial charge on any atom is 0.329 e. The molecule has 2 rings (SSSR count). The van der Waals surface area contributed by atoms with Gasteiger partial charge in [-0.25, -0.2) is 9.97 Å². The summed E-state index contributed by atoms with van der Waals surface area (Å²) in [6.45, 7) is 0. The van der Waals surface area contributed by atoms with Gasteiger partial charge >= 0.3 is 11.4 Å². The molecule has 24 heavy (non-hydrogen) atoms. The van der Waals surface area contributed by atoms with Crippen LogP contribution in [0.5, 0.6) is 23.3 Å². The zero-order chi connectivity index (χ0) is 18.3. The van der Waals surface area contributed by atoms with Gasteiger partial charge in [0.15, 0.2) is 0 Å². The number of ether oxygens (including phenoxy) is 2. The van der Waals surface area contributed by atoms with E-state index < -0.39 is 9.85 Å². The van der Waals surface area contributed by atoms with Crippen molar-refractivity contribution in [3.63, 3.8) is 0 Å². The molecule has 12 nitrogen and oxygen atoms in total. The summed E-state index contributed by atoms with van der Waals surface area (Å²) >= 11 is 0. The van der Waals surface area contributed by atoms with E-state index >= 15 is 0 Å². The molecule has 0 spiro atoms. The quantitative estimate of drug-likeness (QED) is 0.612. The molecule has 2 heterocycles. The van der Waals surface area contributed by atoms with Crippen LogP contribution in [0.4, 0.5) is 11.4 Å². The predicted molar refractivity (Wildman–Crippen MR) is 78.2 cm³/mol. The van der Waals surface area contributed by atoms with Crippen molar-refractivity contribution in [2.75, 3.05) is 14.2 Å². The Hall–Kier alpha value is -3.70. The fraction of sp³-hybridized carbons (Fsp3) is 0.167. The fourth-order valence-electron chi connectivity index (χ4n) is 1.44. The normalized spacial score (nSPS) is 9.42. The zero-order valence-corrected chi connectivity index (χ0v) is 12.4. The molecule has 12 heteroatoms. The Morgan fingerprint density at radius 2 is 1.21 bits per heavy atom. The van der Waals surface area contributed by atoms with Gasteiger partial charge in [0.25, 0.3) is 0 Å². The molecule has 0 aliphatic carbocycles. The third kappa shape index (κ3) is 4.66. The van der Waals surface area contributed by atoms with Gasteiger partial charge in [0, 0.05) is 12.1 Å². The number of methoxy groups -OCH3 is 2. The van der Waals surface area contributed by atoms with E-state index in [9.17, 15) is 20.2 Å². The lowest BCUT2D eigenvalue weighted by Crippen LogP contribution is -1.94. The molecule has 0 unspecified atom stereocenters. The Kier molecular flexibility index (Phi) is 6.17. The molecule has 2 aromatic heterocycles. The van der Waals surface area contributed by atoms with E-state index in [4.69, 9.17) is 10.2 Å². The maximum absolute atomic E-state index is 10.3. The van der Waals surface area contributed by atoms with Gasteiger partial charge < -0.3 is 19.7 Å². The van der Waals surface area contributed by atoms with Gasteiger partial charge in [-0.1, -0.05) is 0 Å². The molecule has 128 valence electrons. The van der Waals surface area contributed by atoms with E-state index in [0.29, 0.717) is 0 Å². The van der Waals surface area contributed by atoms with E-state index in [2.05, 4.69) is 19.4 Å². The van der Waals surface area contributed by atoms with Crippen LogP contribution in [0, 0.1) is 20.2 Å². The maximum atomic E-state index is 10.3. The molecular formula is C12H12N4O8. The van der Waals surface area contributed by atoms with Crippen molar-refractivity contribution < 1.29 is 29.5 Å². The number of rotatable bonds is 4. The van der Waals surface area contributed by atoms with Crippen LogP contribution in [0.15, 0.2) is 24.5 Å². The highest BCUT2D eigenvalue weighted by molar-refractivity contribution is 5.46. The van der Waals surface area contributed by atoms with Crippen molar-refractivity contribution in [2.24, 2.45) is 0 Å². The number of aromatic hydroxyl groups is 2. The third-order valence-electron chi connectivity index (χ3n) is 2.50. The summed E-state index contributed by atoms with van der Waals surface area (Å²) in [6, 6.07) is 2.16. The highest BCUT2D eigenvalue weighted by Gasteiger charge is 2.16. The number of nitro groups is 2. The number of aromatic nitrogens is 2. The van der Waals surface area contributed by atoms with Crippen molar-refractivity contribution in [3.8, 4) is 23.3 Å². The van der Waals surface area contributed by atoms with E-state index in [0.717, 1.165) is 24.5 Å². The Labute approximate surface area is 134 Å². The summed E-state index contributed by atoms with van der Waals surface area (Å²) in [5, 5.41) is 38.3. The van der Waals surface area contributed by atoms with Crippen molar-refractivity contribution in [2.45, 2.75) is 0 Å². The Balaban J connectivity index is 0.000000240. The summed E-state index contributed by atoms with van der Waals surface area (Å²) in [5.41, 5.74) is -0.536. The highest BCUT2D eigenvalue weighted by atomic mass is 16.6. The first-order chi connectivity index (χ1) is 11.3. The van der Waals surface area contributed by atoms with Crippen LogP contribution in [0.3, 0.4) is 0 Å². The zero-order valence-electron chi connectivity index (χ0n) is 12.4. The van der Waals surface area contributed by atoms with Gasteiger partial charge in [-0.05, 0) is 0 Å². The Morgan fingerprint density at radius 3 is 1.46 bits per heavy atom. The molecule has 0 radical (unpaired) electrons. The lowest BCUT2D eigenvalue weighted by molar-refractivity contribution is -0.386. The number of pyridine rings is 2. The van der Waals surface area contributed by atoms with Gasteiger partial charge in [0.1, 0.15) is 12.4 Å². The average Bonchev–Trinajstić information content (AvgIpc) is 2.54. The fourth-order valence-corrected chi connectivity index (χ4v) is 1.44. The third-order valence-corrected chi connectivity index (χ3v) is 2.50. The van der Waals surface area contributed by atoms with E-state index in [1.165, 1.54) is 14.2 Å². The van der Waals surface area contributed by atoms with Crippen LogP contribution in [-0.2, 0) is 0 Å². The minimum absolute atomic E-state index is 0.00694. The molecule has 0 saturated heterocycles. The van der Waals surface area contributed by atoms with E-state index in [-0.39, 0.29) is 34.6 Å². The van der Waals surface area contributed by atoms with E-state index in [1.807, 2.05) is 0 Å². The number of nitrogens with zero attached hydrogens (tertiary/aromatic N) is 4. The van der Waals surface area contributed by atoms with Crippen molar-refractivity contribution in [1.82, 2.24) is 9.97 Å². The first-order valence-corrected chi connectivity index (χ1v) is 6.05. The molecule has 0 aromatic carbocycles. The van der Waals surface area contributed by atoms with Crippen LogP contribution in [0.2, 0.25) is 0 Å². The largest absolute Gasteiger partial charge is 0.493 e. The molecule has 0 saturated carbocycles. The van der Waals surface area contributed by atoms with Crippen LogP contribution in [-0.4, -0.2) is 44.2 Å². The lowest BCUT2D eigenvalue weighted by Gasteiger charge is -1.99. The molecule has 0 aliphatic heterocycles. The van der Waals surface area contributed by atoms with Crippen LogP contribution < -0.4 is 9.47 Å². The second kappa shape index (κ2) is 8.07. The van der Waals surface area contributed by atoms with Crippen LogP contribution in [0.1, 0.15) is 0 Å². The number of hydrogen-bond acceptors (Lipinski definition) is 10. The topological polar surface area (TPSA) is 171 Å². The van der Waals surface area contributed by atoms with Crippen molar-refractivity contribution in [1.29, 1.82) is 0 Å². The molecule has 0 bridgehead atoms. The monoisotopic (exact) mass is 340 g/mol. The Bertz CT molecular complexity index is 688. The summed E-state index contributed by atoms with van der Waals surface area (Å²) < 4.78 is 9.29. The predicted octanol–water partition coefficient (Wildman–Crippen LogP) is 1.41. The SMILES string of the molecule is COc1cc(O)ncc1[N+](=O)[O-].COc1cc(O)ncc1[N+](=O)[O-]. The molecule has 2 aromatic rings. The second-order valence-electron chi connectivity index (χ2n) is 3.94. The molecule has 0 amide bonds. The molecule has 0 atom stereocenters. The molecular weight excluding hydrogens is 328 g/mol. The van der Waals surface area contributed by atoms with Gasteiger partial charge in [0.05, 0.1) is 24.1 Å². The van der Waals surface area contributed by atoms with E-state index in [1.54, 1.807) is 0 Å². The molecule has 0 fully saturated rings. The summed E-state index contributed by atoms with van der Waals surface area (Å²) in [7, 11) is 2.56. The first-order valence-electron chi connectivity index (χ1n) is 6.05. The van der Waals surface area contributed by atoms with Crippen LogP contribution >= 0.6 is 0 Å². The van der Waals surface area contributed by atoms with Gasteiger partial charge in [0.2, 0.25) is 23.3 Å². The smallest absolute Gasteiger partial charge is 0.329 e. The minimum atomic E-state index is -0.634. The minimum Gasteiger partial charge on any atom is -0.493 e. The standard InChI is InChI=1S/2C6H6N2O4/c2*1-12-5-2-6(9)7-3-4(5)8(10)11/h2*2-3H,1H3,(H,7,9). The average molecular weight is 340 g/mol. The highest BCUT2D eigenvalue weighted by Crippen LogP contribution is 2.28. The molecule has 2 N–H and O–H groups in total. The van der Waals surface area contributed by atoms with Gasteiger partial charge in [-0.2, -0.15) is 0 Å². The van der Waals surface area contributed by atoms with Gasteiger partial charge in [-0.15, -0.1) is 0 Å². The second-order valence-corrected chi connectivity index (χ2v) is 3.94. The van der Waals surface area contributed by atoms with Gasteiger partial charge in [-0.3, -0.25) is 20.2 Å². The molecule has 0 aliphatic rings. The van der Waals surface area contributed by atoms with Crippen molar-refractivity contribution >= 4 is 11.4 Å². The first kappa shape index (κ1) is 18.3. The number of hydrogen-bond donors (Lipinski definition) is 2. The lowest BCUT2D eigenvalue weighted by atomic mass is 10.4.